The average molecular weight is 396 g/mol. The Kier molecular flexibility index (Phi) is 4.37. The number of likely N-dealkylation sites (tertiary alicyclic amines) is 1. The van der Waals surface area contributed by atoms with E-state index in [1.54, 1.807) is 18.2 Å². The maximum absolute atomic E-state index is 14.0. The minimum absolute atomic E-state index is 0.0622. The van der Waals surface area contributed by atoms with Crippen molar-refractivity contribution in [3.63, 3.8) is 0 Å². The summed E-state index contributed by atoms with van der Waals surface area (Å²) in [5.41, 5.74) is 0.603. The number of carbonyl (C=O) groups excluding carboxylic acids is 1. The smallest absolute Gasteiger partial charge is 0.281 e. The first-order valence-electron chi connectivity index (χ1n) is 9.96. The van der Waals surface area contributed by atoms with Crippen LogP contribution in [-0.4, -0.2) is 48.9 Å². The Bertz CT molecular complexity index is 1130. The number of carbonyl (C=O) groups is 1. The zero-order chi connectivity index (χ0) is 20.0. The van der Waals surface area contributed by atoms with Gasteiger partial charge in [-0.25, -0.2) is 14.1 Å². The molecule has 1 saturated heterocycles. The van der Waals surface area contributed by atoms with Gasteiger partial charge in [0.2, 0.25) is 5.91 Å². The number of nitrogens with one attached hydrogen (secondary N) is 1. The molecule has 0 bridgehead atoms. The number of hydrogen-bond donors (Lipinski definition) is 1. The van der Waals surface area contributed by atoms with Crippen molar-refractivity contribution in [1.82, 2.24) is 29.9 Å². The van der Waals surface area contributed by atoms with Crippen LogP contribution in [0.4, 0.5) is 4.39 Å². The van der Waals surface area contributed by atoms with Gasteiger partial charge in [0.05, 0.1) is 6.54 Å². The Labute approximate surface area is 165 Å². The van der Waals surface area contributed by atoms with Gasteiger partial charge in [0.1, 0.15) is 11.6 Å². The lowest BCUT2D eigenvalue weighted by Crippen LogP contribution is -2.39. The quantitative estimate of drug-likeness (QED) is 0.726. The van der Waals surface area contributed by atoms with E-state index in [1.165, 1.54) is 10.7 Å². The van der Waals surface area contributed by atoms with Crippen molar-refractivity contribution >= 4 is 17.1 Å². The standard InChI is InChI=1S/C20H21FN6O2/c21-15-4-2-1-3-14(15)11-27-18-16(24-25-27)19(28)23-17(22-18)12-7-9-26(10-8-12)20(29)13-5-6-13/h1-4,12-13H,5-11H2,(H,22,23,28). The molecule has 0 unspecified atom stereocenters. The van der Waals surface area contributed by atoms with Crippen LogP contribution in [0.1, 0.15) is 43.0 Å². The highest BCUT2D eigenvalue weighted by Crippen LogP contribution is 2.33. The summed E-state index contributed by atoms with van der Waals surface area (Å²) in [5, 5.41) is 7.93. The molecule has 3 heterocycles. The summed E-state index contributed by atoms with van der Waals surface area (Å²) in [6.07, 6.45) is 3.51. The molecule has 9 heteroatoms. The van der Waals surface area contributed by atoms with Crippen molar-refractivity contribution in [3.8, 4) is 0 Å². The summed E-state index contributed by atoms with van der Waals surface area (Å²) in [6.45, 7) is 1.50. The van der Waals surface area contributed by atoms with Crippen molar-refractivity contribution in [2.45, 2.75) is 38.1 Å². The van der Waals surface area contributed by atoms with Gasteiger partial charge in [-0.05, 0) is 31.7 Å². The number of halogens is 1. The normalized spacial score (nSPS) is 17.8. The van der Waals surface area contributed by atoms with E-state index in [4.69, 9.17) is 0 Å². The Hall–Kier alpha value is -3.10. The van der Waals surface area contributed by atoms with Gasteiger partial charge in [-0.2, -0.15) is 0 Å². The molecule has 1 N–H and O–H groups in total. The Balaban J connectivity index is 1.40. The van der Waals surface area contributed by atoms with E-state index in [2.05, 4.69) is 20.3 Å². The summed E-state index contributed by atoms with van der Waals surface area (Å²) < 4.78 is 15.5. The van der Waals surface area contributed by atoms with Gasteiger partial charge in [0.15, 0.2) is 11.2 Å². The maximum atomic E-state index is 14.0. The molecule has 5 rings (SSSR count). The molecule has 0 atom stereocenters. The van der Waals surface area contributed by atoms with Crippen molar-refractivity contribution in [2.75, 3.05) is 13.1 Å². The van der Waals surface area contributed by atoms with Gasteiger partial charge in [-0.15, -0.1) is 5.10 Å². The van der Waals surface area contributed by atoms with Crippen LogP contribution < -0.4 is 5.56 Å². The largest absolute Gasteiger partial charge is 0.342 e. The van der Waals surface area contributed by atoms with Crippen LogP contribution in [0.2, 0.25) is 0 Å². The van der Waals surface area contributed by atoms with E-state index in [0.717, 1.165) is 25.7 Å². The fraction of sp³-hybridized carbons (Fsp3) is 0.450. The van der Waals surface area contributed by atoms with E-state index in [9.17, 15) is 14.0 Å². The highest BCUT2D eigenvalue weighted by molar-refractivity contribution is 5.81. The van der Waals surface area contributed by atoms with Crippen LogP contribution in [0.5, 0.6) is 0 Å². The van der Waals surface area contributed by atoms with Crippen molar-refractivity contribution < 1.29 is 9.18 Å². The van der Waals surface area contributed by atoms with Crippen LogP contribution >= 0.6 is 0 Å². The molecule has 2 fully saturated rings. The van der Waals surface area contributed by atoms with Gasteiger partial charge in [-0.1, -0.05) is 23.4 Å². The summed E-state index contributed by atoms with van der Waals surface area (Å²) in [5.74, 6) is 0.784. The van der Waals surface area contributed by atoms with Gasteiger partial charge in [0, 0.05) is 30.5 Å². The molecule has 1 saturated carbocycles. The lowest BCUT2D eigenvalue weighted by Gasteiger charge is -2.31. The Morgan fingerprint density at radius 2 is 1.93 bits per heavy atom. The van der Waals surface area contributed by atoms with Gasteiger partial charge < -0.3 is 9.88 Å². The predicted octanol–water partition coefficient (Wildman–Crippen LogP) is 1.82. The zero-order valence-electron chi connectivity index (χ0n) is 15.8. The molecular formula is C20H21FN6O2. The first-order chi connectivity index (χ1) is 14.1. The summed E-state index contributed by atoms with van der Waals surface area (Å²) in [6, 6.07) is 6.43. The molecule has 1 aliphatic carbocycles. The number of aromatic nitrogens is 5. The highest BCUT2D eigenvalue weighted by atomic mass is 19.1. The minimum Gasteiger partial charge on any atom is -0.342 e. The van der Waals surface area contributed by atoms with Crippen LogP contribution in [0, 0.1) is 11.7 Å². The Morgan fingerprint density at radius 3 is 2.66 bits per heavy atom. The molecule has 1 aromatic carbocycles. The van der Waals surface area contributed by atoms with Crippen molar-refractivity contribution in [3.05, 3.63) is 51.8 Å². The molecule has 0 radical (unpaired) electrons. The van der Waals surface area contributed by atoms with Crippen LogP contribution in [-0.2, 0) is 11.3 Å². The number of aromatic amines is 1. The topological polar surface area (TPSA) is 96.8 Å². The predicted molar refractivity (Wildman–Crippen MR) is 103 cm³/mol. The second kappa shape index (κ2) is 7.06. The molecule has 1 amide bonds. The first-order valence-corrected chi connectivity index (χ1v) is 9.96. The van der Waals surface area contributed by atoms with E-state index in [-0.39, 0.29) is 41.2 Å². The van der Waals surface area contributed by atoms with Gasteiger partial charge in [-0.3, -0.25) is 9.59 Å². The number of nitrogens with zero attached hydrogens (tertiary/aromatic N) is 5. The van der Waals surface area contributed by atoms with Crippen LogP contribution in [0.25, 0.3) is 11.2 Å². The molecule has 0 spiro atoms. The van der Waals surface area contributed by atoms with Crippen molar-refractivity contribution in [2.24, 2.45) is 5.92 Å². The number of piperidine rings is 1. The average Bonchev–Trinajstić information content (AvgIpc) is 3.51. The van der Waals surface area contributed by atoms with E-state index in [1.807, 2.05) is 4.90 Å². The monoisotopic (exact) mass is 396 g/mol. The fourth-order valence-corrected chi connectivity index (χ4v) is 3.93. The lowest BCUT2D eigenvalue weighted by atomic mass is 9.95. The van der Waals surface area contributed by atoms with E-state index in [0.29, 0.717) is 30.1 Å². The third-order valence-electron chi connectivity index (χ3n) is 5.79. The minimum atomic E-state index is -0.346. The maximum Gasteiger partial charge on any atom is 0.281 e. The fourth-order valence-electron chi connectivity index (χ4n) is 3.93. The van der Waals surface area contributed by atoms with Crippen LogP contribution in [0.15, 0.2) is 29.1 Å². The van der Waals surface area contributed by atoms with E-state index >= 15 is 0 Å². The summed E-state index contributed by atoms with van der Waals surface area (Å²) >= 11 is 0. The SMILES string of the molecule is O=C(C1CC1)N1CCC(c2nc3c(nnn3Cc3ccccc3F)c(=O)[nH]2)CC1. The second-order valence-electron chi connectivity index (χ2n) is 7.84. The molecule has 2 aromatic heterocycles. The number of benzene rings is 1. The lowest BCUT2D eigenvalue weighted by molar-refractivity contribution is -0.133. The number of rotatable bonds is 4. The number of amides is 1. The molecule has 1 aliphatic heterocycles. The molecule has 8 nitrogen and oxygen atoms in total. The molecule has 3 aromatic rings. The second-order valence-corrected chi connectivity index (χ2v) is 7.84. The van der Waals surface area contributed by atoms with Gasteiger partial charge >= 0.3 is 0 Å². The number of hydrogen-bond acceptors (Lipinski definition) is 5. The summed E-state index contributed by atoms with van der Waals surface area (Å²) in [7, 11) is 0. The summed E-state index contributed by atoms with van der Waals surface area (Å²) in [4.78, 5) is 34.1. The van der Waals surface area contributed by atoms with Crippen LogP contribution in [0.3, 0.4) is 0 Å². The highest BCUT2D eigenvalue weighted by Gasteiger charge is 2.35. The first kappa shape index (κ1) is 18.0. The zero-order valence-corrected chi connectivity index (χ0v) is 15.8. The van der Waals surface area contributed by atoms with Gasteiger partial charge in [0.25, 0.3) is 5.56 Å². The number of H-pyrrole nitrogens is 1. The number of fused-ring (bicyclic) bond motifs is 1. The third-order valence-corrected chi connectivity index (χ3v) is 5.79. The molecule has 2 aliphatic rings. The third kappa shape index (κ3) is 3.41. The molecule has 29 heavy (non-hydrogen) atoms. The molecule has 150 valence electrons. The van der Waals surface area contributed by atoms with E-state index < -0.39 is 0 Å². The Morgan fingerprint density at radius 1 is 1.17 bits per heavy atom. The van der Waals surface area contributed by atoms with Crippen molar-refractivity contribution in [1.29, 1.82) is 0 Å². The molecular weight excluding hydrogens is 375 g/mol.